The highest BCUT2D eigenvalue weighted by atomic mass is 19.1. The van der Waals surface area contributed by atoms with Gasteiger partial charge in [-0.1, -0.05) is 19.1 Å². The molecular weight excluding hydrogens is 241 g/mol. The Labute approximate surface area is 113 Å². The van der Waals surface area contributed by atoms with Gasteiger partial charge in [0, 0.05) is 23.8 Å². The number of benzene rings is 1. The highest BCUT2D eigenvalue weighted by Gasteiger charge is 2.23. The van der Waals surface area contributed by atoms with Crippen molar-refractivity contribution in [2.24, 2.45) is 5.73 Å². The second-order valence-electron chi connectivity index (χ2n) is 5.21. The monoisotopic (exact) mass is 261 g/mol. The van der Waals surface area contributed by atoms with E-state index in [0.29, 0.717) is 6.42 Å². The minimum atomic E-state index is -0.496. The zero-order valence-corrected chi connectivity index (χ0v) is 11.4. The molecule has 19 heavy (non-hydrogen) atoms. The lowest BCUT2D eigenvalue weighted by molar-refractivity contribution is 0.489. The van der Waals surface area contributed by atoms with Gasteiger partial charge in [0.2, 0.25) is 0 Å². The number of hydrogen-bond donors (Lipinski definition) is 1. The molecule has 0 fully saturated rings. The number of nitrogens with two attached hydrogens (primary N) is 1. The first-order chi connectivity index (χ1) is 9.01. The molecule has 0 spiro atoms. The first-order valence-electron chi connectivity index (χ1n) is 6.57. The minimum absolute atomic E-state index is 0.224. The highest BCUT2D eigenvalue weighted by Crippen LogP contribution is 2.22. The van der Waals surface area contributed by atoms with E-state index in [-0.39, 0.29) is 5.82 Å². The summed E-state index contributed by atoms with van der Waals surface area (Å²) in [6.07, 6.45) is 5.51. The van der Waals surface area contributed by atoms with E-state index >= 15 is 0 Å². The molecule has 0 aliphatic carbocycles. The van der Waals surface area contributed by atoms with Gasteiger partial charge in [-0.15, -0.1) is 0 Å². The van der Waals surface area contributed by atoms with Crippen molar-refractivity contribution < 1.29 is 4.39 Å². The van der Waals surface area contributed by atoms with E-state index in [9.17, 15) is 4.39 Å². The molecule has 0 radical (unpaired) electrons. The quantitative estimate of drug-likeness (QED) is 0.899. The van der Waals surface area contributed by atoms with E-state index in [1.165, 1.54) is 12.1 Å². The van der Waals surface area contributed by atoms with Crippen LogP contribution >= 0.6 is 0 Å². The molecular formula is C15H20FN3. The van der Waals surface area contributed by atoms with Crippen LogP contribution in [0.2, 0.25) is 0 Å². The standard InChI is InChI=1S/C15H20FN3/c1-3-8-19-11-13(10-18-19)15(2,17)9-12-4-6-14(16)7-5-12/h4-7,10-11H,3,8-9,17H2,1-2H3. The summed E-state index contributed by atoms with van der Waals surface area (Å²) in [6.45, 7) is 4.98. The van der Waals surface area contributed by atoms with E-state index in [4.69, 9.17) is 5.73 Å². The molecule has 1 atom stereocenters. The van der Waals surface area contributed by atoms with Crippen LogP contribution in [0.3, 0.4) is 0 Å². The Morgan fingerprint density at radius 3 is 2.63 bits per heavy atom. The number of rotatable bonds is 5. The van der Waals surface area contributed by atoms with Gasteiger partial charge in [-0.25, -0.2) is 4.39 Å². The van der Waals surface area contributed by atoms with Crippen LogP contribution in [0.25, 0.3) is 0 Å². The third-order valence-electron chi connectivity index (χ3n) is 3.23. The Morgan fingerprint density at radius 1 is 1.32 bits per heavy atom. The van der Waals surface area contributed by atoms with Crippen LogP contribution in [0.15, 0.2) is 36.7 Å². The van der Waals surface area contributed by atoms with E-state index in [1.807, 2.05) is 24.0 Å². The molecule has 102 valence electrons. The van der Waals surface area contributed by atoms with Crippen LogP contribution in [-0.4, -0.2) is 9.78 Å². The molecule has 2 rings (SSSR count). The number of hydrogen-bond acceptors (Lipinski definition) is 2. The molecule has 0 saturated carbocycles. The van der Waals surface area contributed by atoms with Gasteiger partial charge in [-0.2, -0.15) is 5.10 Å². The highest BCUT2D eigenvalue weighted by molar-refractivity contribution is 5.24. The summed E-state index contributed by atoms with van der Waals surface area (Å²) in [5.74, 6) is -0.224. The number of aromatic nitrogens is 2. The number of halogens is 1. The molecule has 0 amide bonds. The summed E-state index contributed by atoms with van der Waals surface area (Å²) < 4.78 is 14.8. The lowest BCUT2D eigenvalue weighted by Gasteiger charge is -2.23. The Hall–Kier alpha value is -1.68. The molecule has 2 aromatic rings. The van der Waals surface area contributed by atoms with Crippen molar-refractivity contribution in [2.45, 2.75) is 38.8 Å². The maximum absolute atomic E-state index is 12.9. The predicted octanol–water partition coefficient (Wildman–Crippen LogP) is 2.85. The fraction of sp³-hybridized carbons (Fsp3) is 0.400. The Kier molecular flexibility index (Phi) is 4.00. The van der Waals surface area contributed by atoms with Crippen LogP contribution in [0, 0.1) is 5.82 Å². The molecule has 0 bridgehead atoms. The molecule has 2 N–H and O–H groups in total. The third-order valence-corrected chi connectivity index (χ3v) is 3.23. The predicted molar refractivity (Wildman–Crippen MR) is 74.2 cm³/mol. The first kappa shape index (κ1) is 13.7. The normalized spacial score (nSPS) is 14.3. The van der Waals surface area contributed by atoms with Crippen molar-refractivity contribution in [1.82, 2.24) is 9.78 Å². The van der Waals surface area contributed by atoms with Crippen molar-refractivity contribution in [3.05, 3.63) is 53.6 Å². The third kappa shape index (κ3) is 3.41. The summed E-state index contributed by atoms with van der Waals surface area (Å²) in [5.41, 5.74) is 7.90. The fourth-order valence-corrected chi connectivity index (χ4v) is 2.14. The molecule has 1 unspecified atom stereocenters. The van der Waals surface area contributed by atoms with E-state index < -0.39 is 5.54 Å². The molecule has 0 aliphatic heterocycles. The SMILES string of the molecule is CCCn1cc(C(C)(N)Cc2ccc(F)cc2)cn1. The van der Waals surface area contributed by atoms with Gasteiger partial charge in [0.25, 0.3) is 0 Å². The molecule has 3 nitrogen and oxygen atoms in total. The number of nitrogens with zero attached hydrogens (tertiary/aromatic N) is 2. The maximum atomic E-state index is 12.9. The summed E-state index contributed by atoms with van der Waals surface area (Å²) in [6, 6.07) is 6.48. The zero-order valence-electron chi connectivity index (χ0n) is 11.4. The second kappa shape index (κ2) is 5.53. The van der Waals surface area contributed by atoms with Gasteiger partial charge in [-0.05, 0) is 37.5 Å². The van der Waals surface area contributed by atoms with Crippen LogP contribution in [0.4, 0.5) is 4.39 Å². The van der Waals surface area contributed by atoms with Gasteiger partial charge < -0.3 is 5.73 Å². The minimum Gasteiger partial charge on any atom is -0.321 e. The average molecular weight is 261 g/mol. The first-order valence-corrected chi connectivity index (χ1v) is 6.57. The van der Waals surface area contributed by atoms with Crippen LogP contribution in [0.5, 0.6) is 0 Å². The summed E-state index contributed by atoms with van der Waals surface area (Å²) in [4.78, 5) is 0. The summed E-state index contributed by atoms with van der Waals surface area (Å²) >= 11 is 0. The second-order valence-corrected chi connectivity index (χ2v) is 5.21. The van der Waals surface area contributed by atoms with E-state index in [0.717, 1.165) is 24.1 Å². The smallest absolute Gasteiger partial charge is 0.123 e. The topological polar surface area (TPSA) is 43.8 Å². The average Bonchev–Trinajstić information content (AvgIpc) is 2.82. The summed E-state index contributed by atoms with van der Waals surface area (Å²) in [5, 5.41) is 4.30. The van der Waals surface area contributed by atoms with Crippen molar-refractivity contribution in [3.63, 3.8) is 0 Å². The van der Waals surface area contributed by atoms with E-state index in [2.05, 4.69) is 12.0 Å². The fourth-order valence-electron chi connectivity index (χ4n) is 2.14. The Bertz CT molecular complexity index is 529. The molecule has 0 saturated heterocycles. The largest absolute Gasteiger partial charge is 0.321 e. The molecule has 1 aromatic carbocycles. The molecule has 4 heteroatoms. The lowest BCUT2D eigenvalue weighted by atomic mass is 9.89. The van der Waals surface area contributed by atoms with Gasteiger partial charge in [-0.3, -0.25) is 4.68 Å². The zero-order chi connectivity index (χ0) is 13.9. The van der Waals surface area contributed by atoms with Gasteiger partial charge in [0.1, 0.15) is 5.82 Å². The summed E-state index contributed by atoms with van der Waals surface area (Å²) in [7, 11) is 0. The Morgan fingerprint density at radius 2 is 2.00 bits per heavy atom. The van der Waals surface area contributed by atoms with Crippen molar-refractivity contribution >= 4 is 0 Å². The van der Waals surface area contributed by atoms with Crippen molar-refractivity contribution in [2.75, 3.05) is 0 Å². The Balaban J connectivity index is 2.14. The van der Waals surface area contributed by atoms with Crippen molar-refractivity contribution in [3.8, 4) is 0 Å². The van der Waals surface area contributed by atoms with Crippen LogP contribution in [-0.2, 0) is 18.5 Å². The van der Waals surface area contributed by atoms with Gasteiger partial charge in [0.15, 0.2) is 0 Å². The van der Waals surface area contributed by atoms with Crippen LogP contribution in [0.1, 0.15) is 31.4 Å². The number of aryl methyl sites for hydroxylation is 1. The van der Waals surface area contributed by atoms with Gasteiger partial charge >= 0.3 is 0 Å². The maximum Gasteiger partial charge on any atom is 0.123 e. The molecule has 0 aliphatic rings. The molecule has 1 aromatic heterocycles. The van der Waals surface area contributed by atoms with E-state index in [1.54, 1.807) is 12.1 Å². The van der Waals surface area contributed by atoms with Crippen molar-refractivity contribution in [1.29, 1.82) is 0 Å². The van der Waals surface area contributed by atoms with Gasteiger partial charge in [0.05, 0.1) is 6.20 Å². The lowest BCUT2D eigenvalue weighted by Crippen LogP contribution is -2.35. The molecule has 1 heterocycles. The van der Waals surface area contributed by atoms with Crippen LogP contribution < -0.4 is 5.73 Å².